The minimum absolute atomic E-state index is 0.233. The van der Waals surface area contributed by atoms with Gasteiger partial charge in [-0.2, -0.15) is 0 Å². The lowest BCUT2D eigenvalue weighted by Crippen LogP contribution is -2.27. The van der Waals surface area contributed by atoms with Gasteiger partial charge >= 0.3 is 0 Å². The maximum atomic E-state index is 10.5. The summed E-state index contributed by atoms with van der Waals surface area (Å²) in [6.07, 6.45) is 0.433. The molecule has 0 aromatic carbocycles. The number of primary amides is 1. The van der Waals surface area contributed by atoms with Gasteiger partial charge in [-0.05, 0) is 10.8 Å². The quantitative estimate of drug-likeness (QED) is 0.681. The minimum Gasteiger partial charge on any atom is -0.370 e. The van der Waals surface area contributed by atoms with Crippen LogP contribution in [0.1, 0.15) is 34.1 Å². The Morgan fingerprint density at radius 3 is 2.08 bits per heavy atom. The number of nitrogens with one attached hydrogen (secondary N) is 1. The molecule has 3 N–H and O–H groups in total. The van der Waals surface area contributed by atoms with Crippen molar-refractivity contribution in [3.05, 3.63) is 0 Å². The van der Waals surface area contributed by atoms with Crippen LogP contribution in [0.5, 0.6) is 0 Å². The number of carbonyl (C=O) groups is 1. The largest absolute Gasteiger partial charge is 0.370 e. The Morgan fingerprint density at radius 2 is 1.77 bits per heavy atom. The molecule has 1 aliphatic carbocycles. The highest BCUT2D eigenvalue weighted by Gasteiger charge is 2.64. The minimum atomic E-state index is -0.233. The van der Waals surface area contributed by atoms with Crippen LogP contribution in [0.15, 0.2) is 0 Å². The standard InChI is InChI=1S/C10H20N2O/c1-9(2)8(10(9,3)4)12-6-5-7(11)13/h8,12H,5-6H2,1-4H3,(H2,11,13). The number of carbonyl (C=O) groups excluding carboxylic acids is 1. The molecule has 76 valence electrons. The van der Waals surface area contributed by atoms with Crippen LogP contribution in [0, 0.1) is 10.8 Å². The first kappa shape index (κ1) is 10.5. The van der Waals surface area contributed by atoms with Gasteiger partial charge in [-0.25, -0.2) is 0 Å². The van der Waals surface area contributed by atoms with E-state index in [9.17, 15) is 4.79 Å². The van der Waals surface area contributed by atoms with E-state index in [4.69, 9.17) is 5.73 Å². The zero-order valence-corrected chi connectivity index (χ0v) is 8.98. The molecule has 0 radical (unpaired) electrons. The molecular weight excluding hydrogens is 164 g/mol. The SMILES string of the molecule is CC1(C)C(NCCC(N)=O)C1(C)C. The second kappa shape index (κ2) is 2.98. The molecule has 0 heterocycles. The Bertz CT molecular complexity index is 207. The topological polar surface area (TPSA) is 55.1 Å². The van der Waals surface area contributed by atoms with Crippen molar-refractivity contribution in [2.45, 2.75) is 40.2 Å². The maximum absolute atomic E-state index is 10.5. The van der Waals surface area contributed by atoms with Crippen LogP contribution in [-0.4, -0.2) is 18.5 Å². The van der Waals surface area contributed by atoms with Crippen molar-refractivity contribution in [1.29, 1.82) is 0 Å². The van der Waals surface area contributed by atoms with Crippen molar-refractivity contribution >= 4 is 5.91 Å². The van der Waals surface area contributed by atoms with Crippen LogP contribution in [0.2, 0.25) is 0 Å². The third-order valence-electron chi connectivity index (χ3n) is 3.74. The van der Waals surface area contributed by atoms with E-state index in [0.29, 0.717) is 29.8 Å². The summed E-state index contributed by atoms with van der Waals surface area (Å²) in [5.74, 6) is -0.233. The predicted octanol–water partition coefficient (Wildman–Crippen LogP) is 0.886. The molecule has 0 aliphatic heterocycles. The first-order valence-corrected chi connectivity index (χ1v) is 4.82. The van der Waals surface area contributed by atoms with Crippen molar-refractivity contribution in [2.24, 2.45) is 16.6 Å². The van der Waals surface area contributed by atoms with Gasteiger partial charge in [0.1, 0.15) is 0 Å². The molecule has 0 saturated heterocycles. The fraction of sp³-hybridized carbons (Fsp3) is 0.900. The van der Waals surface area contributed by atoms with Gasteiger partial charge in [0.2, 0.25) is 5.91 Å². The fourth-order valence-corrected chi connectivity index (χ4v) is 2.05. The maximum Gasteiger partial charge on any atom is 0.218 e. The third kappa shape index (κ3) is 1.70. The molecule has 3 heteroatoms. The Morgan fingerprint density at radius 1 is 1.31 bits per heavy atom. The van der Waals surface area contributed by atoms with E-state index in [1.165, 1.54) is 0 Å². The van der Waals surface area contributed by atoms with E-state index < -0.39 is 0 Å². The van der Waals surface area contributed by atoms with Crippen molar-refractivity contribution in [1.82, 2.24) is 5.32 Å². The van der Waals surface area contributed by atoms with Gasteiger partial charge in [0, 0.05) is 19.0 Å². The molecule has 0 unspecified atom stereocenters. The lowest BCUT2D eigenvalue weighted by atomic mass is 10.0. The number of nitrogens with two attached hydrogens (primary N) is 1. The zero-order chi connectivity index (χ0) is 10.3. The third-order valence-corrected chi connectivity index (χ3v) is 3.74. The molecule has 3 nitrogen and oxygen atoms in total. The number of hydrogen-bond acceptors (Lipinski definition) is 2. The molecule has 0 atom stereocenters. The predicted molar refractivity (Wildman–Crippen MR) is 53.2 cm³/mol. The molecule has 0 spiro atoms. The number of amides is 1. The lowest BCUT2D eigenvalue weighted by Gasteiger charge is -2.03. The summed E-state index contributed by atoms with van der Waals surface area (Å²) in [6.45, 7) is 9.68. The summed E-state index contributed by atoms with van der Waals surface area (Å²) in [5, 5.41) is 3.37. The van der Waals surface area contributed by atoms with Crippen LogP contribution in [0.4, 0.5) is 0 Å². The average Bonchev–Trinajstić information content (AvgIpc) is 2.30. The normalized spacial score (nSPS) is 24.3. The molecule has 1 saturated carbocycles. The highest BCUT2D eigenvalue weighted by atomic mass is 16.1. The Kier molecular flexibility index (Phi) is 2.41. The van der Waals surface area contributed by atoms with Crippen LogP contribution in [-0.2, 0) is 4.79 Å². The average molecular weight is 184 g/mol. The van der Waals surface area contributed by atoms with E-state index in [0.717, 1.165) is 0 Å². The Balaban J connectivity index is 2.30. The highest BCUT2D eigenvalue weighted by molar-refractivity contribution is 5.73. The second-order valence-electron chi connectivity index (χ2n) is 5.05. The molecule has 1 aliphatic rings. The van der Waals surface area contributed by atoms with E-state index in [2.05, 4.69) is 33.0 Å². The van der Waals surface area contributed by atoms with Gasteiger partial charge in [0.25, 0.3) is 0 Å². The molecule has 1 amide bonds. The van der Waals surface area contributed by atoms with Gasteiger partial charge in [-0.1, -0.05) is 27.7 Å². The fourth-order valence-electron chi connectivity index (χ4n) is 2.05. The second-order valence-corrected chi connectivity index (χ2v) is 5.05. The summed E-state index contributed by atoms with van der Waals surface area (Å²) in [4.78, 5) is 10.5. The van der Waals surface area contributed by atoms with Gasteiger partial charge in [-0.15, -0.1) is 0 Å². The van der Waals surface area contributed by atoms with Crippen molar-refractivity contribution in [2.75, 3.05) is 6.54 Å². The monoisotopic (exact) mass is 184 g/mol. The van der Waals surface area contributed by atoms with Crippen LogP contribution in [0.3, 0.4) is 0 Å². The van der Waals surface area contributed by atoms with Gasteiger partial charge in [0.15, 0.2) is 0 Å². The van der Waals surface area contributed by atoms with Crippen molar-refractivity contribution < 1.29 is 4.79 Å². The Labute approximate surface area is 80.1 Å². The van der Waals surface area contributed by atoms with E-state index in [1.54, 1.807) is 0 Å². The highest BCUT2D eigenvalue weighted by Crippen LogP contribution is 2.62. The number of hydrogen-bond donors (Lipinski definition) is 2. The number of rotatable bonds is 4. The smallest absolute Gasteiger partial charge is 0.218 e. The summed E-state index contributed by atoms with van der Waals surface area (Å²) >= 11 is 0. The van der Waals surface area contributed by atoms with E-state index in [-0.39, 0.29) is 5.91 Å². The summed E-state index contributed by atoms with van der Waals surface area (Å²) < 4.78 is 0. The van der Waals surface area contributed by atoms with Crippen molar-refractivity contribution in [3.8, 4) is 0 Å². The Hall–Kier alpha value is -0.570. The molecule has 0 aromatic heterocycles. The molecular formula is C10H20N2O. The lowest BCUT2D eigenvalue weighted by molar-refractivity contribution is -0.117. The molecule has 0 bridgehead atoms. The van der Waals surface area contributed by atoms with Crippen molar-refractivity contribution in [3.63, 3.8) is 0 Å². The van der Waals surface area contributed by atoms with E-state index in [1.807, 2.05) is 0 Å². The molecule has 1 rings (SSSR count). The van der Waals surface area contributed by atoms with Gasteiger partial charge in [-0.3, -0.25) is 4.79 Å². The van der Waals surface area contributed by atoms with E-state index >= 15 is 0 Å². The molecule has 1 fully saturated rings. The van der Waals surface area contributed by atoms with Crippen LogP contribution >= 0.6 is 0 Å². The summed E-state index contributed by atoms with van der Waals surface area (Å²) in [5.41, 5.74) is 5.73. The van der Waals surface area contributed by atoms with Crippen LogP contribution in [0.25, 0.3) is 0 Å². The van der Waals surface area contributed by atoms with Crippen LogP contribution < -0.4 is 11.1 Å². The zero-order valence-electron chi connectivity index (χ0n) is 8.98. The summed E-state index contributed by atoms with van der Waals surface area (Å²) in [7, 11) is 0. The first-order chi connectivity index (χ1) is 5.80. The van der Waals surface area contributed by atoms with Gasteiger partial charge in [0.05, 0.1) is 0 Å². The summed E-state index contributed by atoms with van der Waals surface area (Å²) in [6, 6.07) is 0.513. The molecule has 13 heavy (non-hydrogen) atoms. The van der Waals surface area contributed by atoms with Gasteiger partial charge < -0.3 is 11.1 Å². The molecule has 0 aromatic rings. The first-order valence-electron chi connectivity index (χ1n) is 4.82.